The molecule has 1 spiro atoms. The number of carbonyl (C=O) groups is 1. The van der Waals surface area contributed by atoms with Crippen LogP contribution in [0.4, 0.5) is 16.6 Å². The molecule has 1 aromatic carbocycles. The minimum Gasteiger partial charge on any atom is -0.450 e. The number of pyridine rings is 1. The predicted molar refractivity (Wildman–Crippen MR) is 124 cm³/mol. The third-order valence-electron chi connectivity index (χ3n) is 6.58. The van der Waals surface area contributed by atoms with E-state index < -0.39 is 0 Å². The summed E-state index contributed by atoms with van der Waals surface area (Å²) in [7, 11) is 0. The van der Waals surface area contributed by atoms with E-state index >= 15 is 0 Å². The quantitative estimate of drug-likeness (QED) is 0.588. The van der Waals surface area contributed by atoms with Crippen molar-refractivity contribution < 1.29 is 9.53 Å². The van der Waals surface area contributed by atoms with E-state index in [1.165, 1.54) is 0 Å². The lowest BCUT2D eigenvalue weighted by Crippen LogP contribution is -2.73. The number of rotatable bonds is 3. The minimum atomic E-state index is -0.367. The molecule has 5 heterocycles. The maximum Gasteiger partial charge on any atom is 0.410 e. The lowest BCUT2D eigenvalue weighted by atomic mass is 9.73. The summed E-state index contributed by atoms with van der Waals surface area (Å²) in [4.78, 5) is 23.2. The minimum absolute atomic E-state index is 0.258. The van der Waals surface area contributed by atoms with Crippen LogP contribution in [0.2, 0.25) is 5.02 Å². The van der Waals surface area contributed by atoms with Crippen LogP contribution in [-0.4, -0.2) is 63.5 Å². The van der Waals surface area contributed by atoms with Gasteiger partial charge in [-0.25, -0.2) is 9.78 Å². The van der Waals surface area contributed by atoms with Crippen LogP contribution in [0.1, 0.15) is 18.3 Å². The van der Waals surface area contributed by atoms with E-state index in [9.17, 15) is 4.79 Å². The van der Waals surface area contributed by atoms with E-state index in [1.807, 2.05) is 36.5 Å². The predicted octanol–water partition coefficient (Wildman–Crippen LogP) is 3.11. The van der Waals surface area contributed by atoms with Crippen LogP contribution in [0.25, 0.3) is 5.69 Å². The molecular weight excluding hydrogens is 442 g/mol. The lowest BCUT2D eigenvalue weighted by Gasteiger charge is -2.60. The molecule has 0 atom stereocenters. The van der Waals surface area contributed by atoms with Crippen molar-refractivity contribution in [1.82, 2.24) is 24.6 Å². The summed E-state index contributed by atoms with van der Waals surface area (Å²) in [5.41, 5.74) is 2.15. The van der Waals surface area contributed by atoms with Gasteiger partial charge in [0, 0.05) is 42.8 Å². The van der Waals surface area contributed by atoms with Crippen LogP contribution in [0, 0.1) is 5.41 Å². The Balaban J connectivity index is 1.26. The summed E-state index contributed by atoms with van der Waals surface area (Å²) in [5.74, 6) is 2.55. The molecule has 10 heteroatoms. The molecule has 0 bridgehead atoms. The number of halogens is 1. The molecule has 6 rings (SSSR count). The van der Waals surface area contributed by atoms with Gasteiger partial charge >= 0.3 is 6.09 Å². The van der Waals surface area contributed by atoms with Gasteiger partial charge in [0.15, 0.2) is 5.82 Å². The van der Waals surface area contributed by atoms with Crippen molar-refractivity contribution in [1.29, 1.82) is 0 Å². The van der Waals surface area contributed by atoms with Gasteiger partial charge in [-0.15, -0.1) is 10.2 Å². The molecule has 170 valence electrons. The van der Waals surface area contributed by atoms with Crippen LogP contribution < -0.4 is 9.80 Å². The normalized spacial score (nSPS) is 18.2. The molecular formula is C23H24ClN7O2. The van der Waals surface area contributed by atoms with Gasteiger partial charge < -0.3 is 14.5 Å². The van der Waals surface area contributed by atoms with E-state index in [1.54, 1.807) is 11.8 Å². The van der Waals surface area contributed by atoms with Crippen LogP contribution in [-0.2, 0) is 17.8 Å². The van der Waals surface area contributed by atoms with Crippen LogP contribution in [0.5, 0.6) is 0 Å². The number of anilines is 2. The van der Waals surface area contributed by atoms with Crippen molar-refractivity contribution in [2.75, 3.05) is 42.6 Å². The fourth-order valence-corrected chi connectivity index (χ4v) is 5.30. The van der Waals surface area contributed by atoms with Gasteiger partial charge in [-0.2, -0.15) is 0 Å². The van der Waals surface area contributed by atoms with Gasteiger partial charge in [0.1, 0.15) is 5.82 Å². The fraction of sp³-hybridized carbons (Fsp3) is 0.391. The van der Waals surface area contributed by atoms with Crippen molar-refractivity contribution in [2.45, 2.75) is 20.0 Å². The first-order valence-corrected chi connectivity index (χ1v) is 11.5. The number of nitrogens with zero attached hydrogens (tertiary/aromatic N) is 7. The summed E-state index contributed by atoms with van der Waals surface area (Å²) in [5, 5.41) is 9.61. The SMILES string of the molecule is CCOC(=O)N1Cc2cc(Cl)ccc2-n2c(nnc2N2CC3(CN(c4ccccn4)C3)C2)C1. The van der Waals surface area contributed by atoms with Crippen LogP contribution >= 0.6 is 11.6 Å². The summed E-state index contributed by atoms with van der Waals surface area (Å²) < 4.78 is 7.32. The fourth-order valence-electron chi connectivity index (χ4n) is 5.11. The van der Waals surface area contributed by atoms with Crippen molar-refractivity contribution in [3.05, 3.63) is 59.0 Å². The zero-order valence-electron chi connectivity index (χ0n) is 18.3. The molecule has 0 saturated carbocycles. The highest BCUT2D eigenvalue weighted by Crippen LogP contribution is 2.43. The summed E-state index contributed by atoms with van der Waals surface area (Å²) in [6, 6.07) is 11.8. The van der Waals surface area contributed by atoms with E-state index in [0.29, 0.717) is 30.5 Å². The molecule has 0 radical (unpaired) electrons. The second kappa shape index (κ2) is 7.62. The van der Waals surface area contributed by atoms with Gasteiger partial charge in [0.2, 0.25) is 5.95 Å². The first-order chi connectivity index (χ1) is 16.0. The monoisotopic (exact) mass is 465 g/mol. The maximum absolute atomic E-state index is 12.5. The van der Waals surface area contributed by atoms with E-state index in [2.05, 4.69) is 35.6 Å². The maximum atomic E-state index is 12.5. The zero-order valence-corrected chi connectivity index (χ0v) is 19.1. The second-order valence-corrected chi connectivity index (χ2v) is 9.42. The largest absolute Gasteiger partial charge is 0.450 e. The van der Waals surface area contributed by atoms with Gasteiger partial charge in [-0.1, -0.05) is 17.7 Å². The zero-order chi connectivity index (χ0) is 22.6. The molecule has 2 aromatic heterocycles. The topological polar surface area (TPSA) is 79.6 Å². The first kappa shape index (κ1) is 20.3. The Morgan fingerprint density at radius 1 is 1.09 bits per heavy atom. The molecule has 9 nitrogen and oxygen atoms in total. The number of fused-ring (bicyclic) bond motifs is 3. The van der Waals surface area contributed by atoms with Crippen LogP contribution in [0.3, 0.4) is 0 Å². The molecule has 0 N–H and O–H groups in total. The molecule has 2 saturated heterocycles. The highest BCUT2D eigenvalue weighted by molar-refractivity contribution is 6.30. The van der Waals surface area contributed by atoms with Gasteiger partial charge in [-0.3, -0.25) is 9.47 Å². The van der Waals surface area contributed by atoms with Crippen molar-refractivity contribution in [3.63, 3.8) is 0 Å². The molecule has 0 unspecified atom stereocenters. The molecule has 0 aliphatic carbocycles. The van der Waals surface area contributed by atoms with Crippen molar-refractivity contribution in [2.24, 2.45) is 5.41 Å². The van der Waals surface area contributed by atoms with E-state index in [0.717, 1.165) is 49.2 Å². The number of hydrogen-bond donors (Lipinski definition) is 0. The van der Waals surface area contributed by atoms with Crippen molar-refractivity contribution >= 4 is 29.5 Å². The average Bonchev–Trinajstić information content (AvgIpc) is 3.08. The highest BCUT2D eigenvalue weighted by atomic mass is 35.5. The number of aromatic nitrogens is 4. The molecule has 2 fully saturated rings. The second-order valence-electron chi connectivity index (χ2n) is 8.98. The Morgan fingerprint density at radius 3 is 2.67 bits per heavy atom. The Morgan fingerprint density at radius 2 is 1.91 bits per heavy atom. The van der Waals surface area contributed by atoms with E-state index in [-0.39, 0.29) is 11.5 Å². The molecule has 3 aliphatic heterocycles. The number of amides is 1. The number of benzene rings is 1. The average molecular weight is 466 g/mol. The van der Waals surface area contributed by atoms with Gasteiger partial charge in [0.25, 0.3) is 0 Å². The summed E-state index contributed by atoms with van der Waals surface area (Å²) in [6.45, 7) is 6.66. The Hall–Kier alpha value is -3.33. The standard InChI is InChI=1S/C23H24ClN7O2/c1-2-33-22(32)28-10-16-9-17(24)6-7-18(16)31-20(11-28)26-27-21(31)30-14-23(15-30)12-29(13-23)19-5-3-4-8-25-19/h3-9H,2,10-15H2,1H3. The summed E-state index contributed by atoms with van der Waals surface area (Å²) >= 11 is 6.29. The van der Waals surface area contributed by atoms with Gasteiger partial charge in [0.05, 0.1) is 25.4 Å². The number of ether oxygens (including phenoxy) is 1. The van der Waals surface area contributed by atoms with Gasteiger partial charge in [-0.05, 0) is 42.8 Å². The molecule has 33 heavy (non-hydrogen) atoms. The lowest BCUT2D eigenvalue weighted by molar-refractivity contribution is 0.101. The Bertz CT molecular complexity index is 1200. The smallest absolute Gasteiger partial charge is 0.410 e. The first-order valence-electron chi connectivity index (χ1n) is 11.1. The molecule has 3 aliphatic rings. The number of carbonyl (C=O) groups excluding carboxylic acids is 1. The highest BCUT2D eigenvalue weighted by Gasteiger charge is 2.53. The van der Waals surface area contributed by atoms with Crippen LogP contribution in [0.15, 0.2) is 42.6 Å². The third kappa shape index (κ3) is 3.38. The third-order valence-corrected chi connectivity index (χ3v) is 6.81. The Labute approximate surface area is 196 Å². The summed E-state index contributed by atoms with van der Waals surface area (Å²) in [6.07, 6.45) is 1.47. The van der Waals surface area contributed by atoms with Crippen molar-refractivity contribution in [3.8, 4) is 5.69 Å². The molecule has 1 amide bonds. The molecule has 3 aromatic rings. The number of hydrogen-bond acceptors (Lipinski definition) is 7. The Kier molecular flexibility index (Phi) is 4.69. The van der Waals surface area contributed by atoms with E-state index in [4.69, 9.17) is 16.3 Å².